The second-order valence-corrected chi connectivity index (χ2v) is 8.05. The molecule has 2 rings (SSSR count). The Hall–Kier alpha value is -0.300. The Balaban J connectivity index is 2.19. The maximum atomic E-state index is 5.43. The van der Waals surface area contributed by atoms with Gasteiger partial charge in [-0.05, 0) is 24.6 Å². The SMILES string of the molecule is CC(S)C(=S)SC(Cn1ccnc1)c1ccc(Br)cc1. The van der Waals surface area contributed by atoms with Gasteiger partial charge >= 0.3 is 0 Å². The van der Waals surface area contributed by atoms with Crippen LogP contribution in [0.25, 0.3) is 0 Å². The number of thiocarbonyl (C=S) groups is 1. The Morgan fingerprint density at radius 3 is 2.70 bits per heavy atom. The fourth-order valence-corrected chi connectivity index (χ4v) is 3.53. The maximum Gasteiger partial charge on any atom is 0.0946 e. The standard InChI is InChI=1S/C14H15BrN2S3/c1-10(18)14(19)20-13(8-17-7-6-16-9-17)11-2-4-12(15)5-3-11/h2-7,9-10,13,18H,8H2,1H3. The van der Waals surface area contributed by atoms with Crippen LogP contribution in [0.4, 0.5) is 0 Å². The molecule has 0 radical (unpaired) electrons. The highest BCUT2D eigenvalue weighted by molar-refractivity contribution is 9.10. The molecule has 0 N–H and O–H groups in total. The van der Waals surface area contributed by atoms with Crippen molar-refractivity contribution in [3.8, 4) is 0 Å². The van der Waals surface area contributed by atoms with Crippen molar-refractivity contribution in [2.45, 2.75) is 24.0 Å². The molecule has 6 heteroatoms. The first-order chi connectivity index (χ1) is 9.56. The molecule has 106 valence electrons. The van der Waals surface area contributed by atoms with E-state index in [4.69, 9.17) is 12.2 Å². The summed E-state index contributed by atoms with van der Waals surface area (Å²) in [4.78, 5) is 4.10. The van der Waals surface area contributed by atoms with Gasteiger partial charge in [0.2, 0.25) is 0 Å². The van der Waals surface area contributed by atoms with Crippen LogP contribution in [0, 0.1) is 0 Å². The summed E-state index contributed by atoms with van der Waals surface area (Å²) >= 11 is 15.0. The monoisotopic (exact) mass is 386 g/mol. The van der Waals surface area contributed by atoms with Crippen LogP contribution in [0.2, 0.25) is 0 Å². The Morgan fingerprint density at radius 2 is 2.15 bits per heavy atom. The van der Waals surface area contributed by atoms with Gasteiger partial charge in [0.25, 0.3) is 0 Å². The molecule has 2 aromatic rings. The van der Waals surface area contributed by atoms with Gasteiger partial charge < -0.3 is 4.57 Å². The number of rotatable bonds is 5. The van der Waals surface area contributed by atoms with Gasteiger partial charge in [-0.15, -0.1) is 11.8 Å². The van der Waals surface area contributed by atoms with E-state index in [0.29, 0.717) is 0 Å². The highest BCUT2D eigenvalue weighted by Crippen LogP contribution is 2.34. The van der Waals surface area contributed by atoms with Crippen LogP contribution in [0.3, 0.4) is 0 Å². The van der Waals surface area contributed by atoms with Crippen LogP contribution < -0.4 is 0 Å². The number of hydrogen-bond acceptors (Lipinski definition) is 4. The molecule has 0 aliphatic carbocycles. The summed E-state index contributed by atoms with van der Waals surface area (Å²) in [6, 6.07) is 8.38. The number of benzene rings is 1. The van der Waals surface area contributed by atoms with E-state index in [1.54, 1.807) is 18.0 Å². The zero-order valence-electron chi connectivity index (χ0n) is 10.9. The predicted molar refractivity (Wildman–Crippen MR) is 97.7 cm³/mol. The first-order valence-electron chi connectivity index (χ1n) is 6.16. The molecule has 2 atom stereocenters. The summed E-state index contributed by atoms with van der Waals surface area (Å²) in [5.74, 6) is 0. The molecule has 1 aromatic carbocycles. The molecular weight excluding hydrogens is 372 g/mol. The lowest BCUT2D eigenvalue weighted by Crippen LogP contribution is -2.11. The lowest BCUT2D eigenvalue weighted by atomic mass is 10.1. The minimum Gasteiger partial charge on any atom is -0.336 e. The van der Waals surface area contributed by atoms with Crippen molar-refractivity contribution in [3.05, 3.63) is 53.0 Å². The Morgan fingerprint density at radius 1 is 1.45 bits per heavy atom. The quantitative estimate of drug-likeness (QED) is 0.589. The third-order valence-corrected chi connectivity index (χ3v) is 5.85. The number of thioether (sulfide) groups is 1. The first kappa shape index (κ1) is 16.1. The predicted octanol–water partition coefficient (Wildman–Crippen LogP) is 4.77. The molecule has 1 heterocycles. The van der Waals surface area contributed by atoms with Crippen LogP contribution in [-0.2, 0) is 6.54 Å². The van der Waals surface area contributed by atoms with E-state index in [0.717, 1.165) is 15.2 Å². The van der Waals surface area contributed by atoms with Crippen molar-refractivity contribution in [1.82, 2.24) is 9.55 Å². The van der Waals surface area contributed by atoms with Gasteiger partial charge in [0.05, 0.1) is 15.8 Å². The zero-order valence-corrected chi connectivity index (χ0v) is 15.1. The maximum absolute atomic E-state index is 5.43. The van der Waals surface area contributed by atoms with Crippen LogP contribution in [-0.4, -0.2) is 19.0 Å². The van der Waals surface area contributed by atoms with Crippen molar-refractivity contribution in [2.75, 3.05) is 0 Å². The third kappa shape index (κ3) is 4.62. The van der Waals surface area contributed by atoms with Gasteiger partial charge in [-0.2, -0.15) is 12.6 Å². The lowest BCUT2D eigenvalue weighted by molar-refractivity contribution is 0.685. The molecule has 20 heavy (non-hydrogen) atoms. The molecule has 2 nitrogen and oxygen atoms in total. The number of imidazole rings is 1. The van der Waals surface area contributed by atoms with Crippen molar-refractivity contribution in [1.29, 1.82) is 0 Å². The largest absolute Gasteiger partial charge is 0.336 e. The van der Waals surface area contributed by atoms with Gasteiger partial charge in [-0.3, -0.25) is 0 Å². The van der Waals surface area contributed by atoms with Crippen molar-refractivity contribution >= 4 is 56.7 Å². The van der Waals surface area contributed by atoms with Crippen molar-refractivity contribution in [3.63, 3.8) is 0 Å². The average Bonchev–Trinajstić information content (AvgIpc) is 2.91. The van der Waals surface area contributed by atoms with Crippen LogP contribution in [0.1, 0.15) is 17.7 Å². The van der Waals surface area contributed by atoms with Crippen LogP contribution in [0.15, 0.2) is 47.5 Å². The molecule has 0 aliphatic rings. The highest BCUT2D eigenvalue weighted by atomic mass is 79.9. The minimum absolute atomic E-state index is 0.107. The molecule has 0 spiro atoms. The molecule has 0 saturated carbocycles. The second-order valence-electron chi connectivity index (χ2n) is 4.41. The molecule has 2 unspecified atom stereocenters. The van der Waals surface area contributed by atoms with E-state index < -0.39 is 0 Å². The number of hydrogen-bond donors (Lipinski definition) is 1. The van der Waals surface area contributed by atoms with Crippen molar-refractivity contribution in [2.24, 2.45) is 0 Å². The molecular formula is C14H15BrN2S3. The van der Waals surface area contributed by atoms with Gasteiger partial charge in [0.15, 0.2) is 0 Å². The summed E-state index contributed by atoms with van der Waals surface area (Å²) in [5.41, 5.74) is 1.25. The molecule has 1 aromatic heterocycles. The summed E-state index contributed by atoms with van der Waals surface area (Å²) in [7, 11) is 0. The summed E-state index contributed by atoms with van der Waals surface area (Å²) in [5, 5.41) is 0.370. The van der Waals surface area contributed by atoms with Gasteiger partial charge in [-0.1, -0.05) is 40.3 Å². The number of nitrogens with zero attached hydrogens (tertiary/aromatic N) is 2. The Kier molecular flexibility index (Phi) is 6.14. The Bertz CT molecular complexity index is 552. The second kappa shape index (κ2) is 7.64. The van der Waals surface area contributed by atoms with Gasteiger partial charge in [0.1, 0.15) is 0 Å². The summed E-state index contributed by atoms with van der Waals surface area (Å²) in [6.07, 6.45) is 5.60. The third-order valence-electron chi connectivity index (χ3n) is 2.78. The average molecular weight is 387 g/mol. The van der Waals surface area contributed by atoms with E-state index >= 15 is 0 Å². The van der Waals surface area contributed by atoms with E-state index in [1.807, 2.05) is 19.4 Å². The van der Waals surface area contributed by atoms with E-state index in [2.05, 4.69) is 62.4 Å². The molecule has 0 saturated heterocycles. The lowest BCUT2D eigenvalue weighted by Gasteiger charge is -2.19. The van der Waals surface area contributed by atoms with Crippen molar-refractivity contribution < 1.29 is 0 Å². The Labute approximate surface area is 142 Å². The van der Waals surface area contributed by atoms with Crippen LogP contribution >= 0.6 is 52.5 Å². The smallest absolute Gasteiger partial charge is 0.0946 e. The summed E-state index contributed by atoms with van der Waals surface area (Å²) in [6.45, 7) is 2.85. The van der Waals surface area contributed by atoms with E-state index in [1.165, 1.54) is 5.56 Å². The molecule has 0 bridgehead atoms. The van der Waals surface area contributed by atoms with E-state index in [-0.39, 0.29) is 10.5 Å². The number of aromatic nitrogens is 2. The van der Waals surface area contributed by atoms with Gasteiger partial charge in [-0.25, -0.2) is 4.98 Å². The minimum atomic E-state index is 0.107. The van der Waals surface area contributed by atoms with Gasteiger partial charge in [0, 0.05) is 28.7 Å². The van der Waals surface area contributed by atoms with Crippen LogP contribution in [0.5, 0.6) is 0 Å². The topological polar surface area (TPSA) is 17.8 Å². The molecule has 0 aliphatic heterocycles. The fraction of sp³-hybridized carbons (Fsp3) is 0.286. The van der Waals surface area contributed by atoms with E-state index in [9.17, 15) is 0 Å². The highest BCUT2D eigenvalue weighted by Gasteiger charge is 2.17. The number of thiol groups is 1. The summed E-state index contributed by atoms with van der Waals surface area (Å²) < 4.78 is 4.07. The fourth-order valence-electron chi connectivity index (χ4n) is 1.71. The zero-order chi connectivity index (χ0) is 14.5. The first-order valence-corrected chi connectivity index (χ1v) is 8.76. The normalized spacial score (nSPS) is 13.9. The number of halogens is 1. The molecule has 0 amide bonds. The molecule has 0 fully saturated rings.